The zero-order valence-electron chi connectivity index (χ0n) is 34.3. The van der Waals surface area contributed by atoms with Crippen molar-refractivity contribution in [3.8, 4) is 0 Å². The Hall–Kier alpha value is -1.67. The van der Waals surface area contributed by atoms with E-state index in [1.807, 2.05) is 0 Å². The van der Waals surface area contributed by atoms with Crippen molar-refractivity contribution in [1.29, 1.82) is 0 Å². The Bertz CT molecular complexity index is 1800. The third-order valence-electron chi connectivity index (χ3n) is 11.1. The van der Waals surface area contributed by atoms with Crippen LogP contribution in [0.15, 0.2) is 0 Å². The zero-order valence-corrected chi connectivity index (χ0v) is 36.0. The molecule has 32 nitrogen and oxygen atoms in total. The molecule has 5 aliphatic heterocycles. The lowest BCUT2D eigenvalue weighted by atomic mass is 9.93. The third-order valence-corrected chi connectivity index (χ3v) is 11.9. The monoisotopic (exact) mass is 1010 g/mol. The number of carbonyl (C=O) groups excluding carboxylic acids is 1. The van der Waals surface area contributed by atoms with Gasteiger partial charge in [0.15, 0.2) is 31.5 Å². The molecule has 5 aliphatic rings. The van der Waals surface area contributed by atoms with E-state index in [-0.39, 0.29) is 0 Å². The van der Waals surface area contributed by atoms with Gasteiger partial charge in [-0.05, 0) is 6.92 Å². The Labute approximate surface area is 373 Å². The maximum Gasteiger partial charge on any atom is 0.397 e. The van der Waals surface area contributed by atoms with E-state index in [2.05, 4.69) is 13.7 Å². The van der Waals surface area contributed by atoms with Gasteiger partial charge in [0.25, 0.3) is 0 Å². The van der Waals surface area contributed by atoms with Crippen LogP contribution in [0.4, 0.5) is 0 Å². The molecule has 0 radical (unpaired) electrons. The van der Waals surface area contributed by atoms with Gasteiger partial charge in [-0.2, -0.15) is 16.8 Å². The van der Waals surface area contributed by atoms with Crippen molar-refractivity contribution in [2.75, 3.05) is 26.4 Å². The maximum absolute atomic E-state index is 12.9. The number of aliphatic hydroxyl groups excluding tert-OH is 13. The summed E-state index contributed by atoms with van der Waals surface area (Å²) in [6, 6.07) is -2.00. The first-order valence-electron chi connectivity index (χ1n) is 19.8. The SMILES string of the molecule is CC(=O)N[C@H]1[C@H](O[C@H]2[C@@H](O)[C@@H](CO)O[C@@H](O[C@H]3[C@H](O)[C@@H](O)[C@H](O)O[C@@H]3CO)[C@@H]2O)O[C@H](COS(=O)(=O)O)[C@@H](O[C@@H]2O[C@H](COS(=O)(=O)O)[C@H](O)[C@H](O)[C@H]2O)[C@@H]1O[C@@H]1O[C@@H](C)[C@@H](O)[C@@H](O)[C@@H]1O. The highest BCUT2D eigenvalue weighted by molar-refractivity contribution is 7.81. The van der Waals surface area contributed by atoms with Gasteiger partial charge in [0, 0.05) is 6.92 Å². The lowest BCUT2D eigenvalue weighted by Gasteiger charge is -2.51. The number of hydrogen-bond acceptors (Lipinski definition) is 29. The summed E-state index contributed by atoms with van der Waals surface area (Å²) in [7, 11) is -10.7. The van der Waals surface area contributed by atoms with Gasteiger partial charge in [-0.1, -0.05) is 0 Å². The van der Waals surface area contributed by atoms with Crippen LogP contribution in [-0.2, 0) is 76.6 Å². The summed E-state index contributed by atoms with van der Waals surface area (Å²) in [5.74, 6) is -0.995. The Morgan fingerprint density at radius 1 is 0.485 bits per heavy atom. The molecule has 0 spiro atoms. The summed E-state index contributed by atoms with van der Waals surface area (Å²) < 4.78 is 125. The Kier molecular flexibility index (Phi) is 18.9. The van der Waals surface area contributed by atoms with Crippen molar-refractivity contribution in [2.24, 2.45) is 0 Å². The van der Waals surface area contributed by atoms with Gasteiger partial charge in [0.05, 0.1) is 32.5 Å². The van der Waals surface area contributed by atoms with Crippen molar-refractivity contribution in [3.05, 3.63) is 0 Å². The minimum Gasteiger partial charge on any atom is -0.394 e. The highest BCUT2D eigenvalue weighted by atomic mass is 32.3. The second-order valence-electron chi connectivity index (χ2n) is 15.7. The quantitative estimate of drug-likeness (QED) is 0.0602. The molecular weight excluding hydrogens is 958 g/mol. The molecule has 1 amide bonds. The number of hydrogen-bond donors (Lipinski definition) is 16. The Balaban J connectivity index is 1.57. The minimum absolute atomic E-state index is 0.904. The highest BCUT2D eigenvalue weighted by Gasteiger charge is 2.58. The van der Waals surface area contributed by atoms with E-state index >= 15 is 0 Å². The molecule has 0 aromatic heterocycles. The number of ether oxygens (including phenoxy) is 9. The van der Waals surface area contributed by atoms with E-state index in [9.17, 15) is 92.6 Å². The van der Waals surface area contributed by atoms with Gasteiger partial charge in [0.2, 0.25) is 5.91 Å². The number of nitrogens with one attached hydrogen (secondary N) is 1. The average molecular weight is 1010 g/mol. The zero-order chi connectivity index (χ0) is 49.3. The van der Waals surface area contributed by atoms with Crippen molar-refractivity contribution in [3.63, 3.8) is 0 Å². The lowest BCUT2D eigenvalue weighted by molar-refractivity contribution is -0.390. The van der Waals surface area contributed by atoms with Crippen LogP contribution in [-0.4, -0.2) is 278 Å². The van der Waals surface area contributed by atoms with Crippen LogP contribution in [0.5, 0.6) is 0 Å². The van der Waals surface area contributed by atoms with E-state index < -0.39 is 207 Å². The van der Waals surface area contributed by atoms with Gasteiger partial charge in [-0.3, -0.25) is 13.9 Å². The second kappa shape index (κ2) is 22.6. The highest BCUT2D eigenvalue weighted by Crippen LogP contribution is 2.37. The number of rotatable bonds is 17. The molecule has 16 N–H and O–H groups in total. The Morgan fingerprint density at radius 3 is 1.52 bits per heavy atom. The molecule has 5 saturated heterocycles. The smallest absolute Gasteiger partial charge is 0.394 e. The molecule has 386 valence electrons. The largest absolute Gasteiger partial charge is 0.397 e. The molecule has 0 aromatic carbocycles. The van der Waals surface area contributed by atoms with E-state index in [1.54, 1.807) is 0 Å². The topological polar surface area (TPSA) is 502 Å². The third kappa shape index (κ3) is 13.0. The van der Waals surface area contributed by atoms with Crippen LogP contribution in [0.1, 0.15) is 13.8 Å². The maximum atomic E-state index is 12.9. The summed E-state index contributed by atoms with van der Waals surface area (Å²) in [5.41, 5.74) is 0. The van der Waals surface area contributed by atoms with Crippen LogP contribution in [0.2, 0.25) is 0 Å². The fourth-order valence-corrected chi connectivity index (χ4v) is 8.26. The number of amides is 1. The van der Waals surface area contributed by atoms with Crippen LogP contribution in [0, 0.1) is 0 Å². The van der Waals surface area contributed by atoms with Crippen molar-refractivity contribution in [2.45, 2.75) is 167 Å². The fraction of sp³-hybridized carbons (Fsp3) is 0.969. The van der Waals surface area contributed by atoms with Gasteiger partial charge in [-0.15, -0.1) is 0 Å². The first kappa shape index (κ1) is 55.3. The molecule has 0 bridgehead atoms. The second-order valence-corrected chi connectivity index (χ2v) is 17.9. The fourth-order valence-electron chi connectivity index (χ4n) is 7.65. The summed E-state index contributed by atoms with van der Waals surface area (Å²) in [4.78, 5) is 12.9. The molecule has 25 atom stereocenters. The van der Waals surface area contributed by atoms with Crippen molar-refractivity contribution < 1.29 is 148 Å². The molecule has 0 aliphatic carbocycles. The van der Waals surface area contributed by atoms with E-state index in [4.69, 9.17) is 47.2 Å². The first-order chi connectivity index (χ1) is 30.7. The number of carbonyl (C=O) groups is 1. The molecule has 0 aromatic rings. The molecule has 34 heteroatoms. The molecule has 5 rings (SSSR count). The summed E-state index contributed by atoms with van der Waals surface area (Å²) in [5, 5.41) is 140. The van der Waals surface area contributed by atoms with Gasteiger partial charge >= 0.3 is 20.8 Å². The predicted octanol–water partition coefficient (Wildman–Crippen LogP) is -11.1. The van der Waals surface area contributed by atoms with Crippen LogP contribution < -0.4 is 5.32 Å². The van der Waals surface area contributed by atoms with Crippen molar-refractivity contribution >= 4 is 26.7 Å². The van der Waals surface area contributed by atoms with Gasteiger partial charge in [0.1, 0.15) is 116 Å². The van der Waals surface area contributed by atoms with Crippen LogP contribution in [0.3, 0.4) is 0 Å². The predicted molar refractivity (Wildman–Crippen MR) is 198 cm³/mol. The van der Waals surface area contributed by atoms with Crippen LogP contribution >= 0.6 is 0 Å². The molecule has 0 saturated carbocycles. The molecule has 66 heavy (non-hydrogen) atoms. The van der Waals surface area contributed by atoms with Crippen LogP contribution in [0.25, 0.3) is 0 Å². The first-order valence-corrected chi connectivity index (χ1v) is 22.5. The van der Waals surface area contributed by atoms with E-state index in [1.165, 1.54) is 6.92 Å². The standard InChI is InChI=1S/C32H55NO31S2/c1-7-14(37)17(40)21(44)30(56-7)63-26-13(33-8(2)36)29(64-27-16(39)9(3-34)58-32(23(27)46)61-24-10(4-35)57-28(47)20(43)19(24)42)60-12(6-55-66(51,52)53)25(26)62-31-22(45)18(41)15(38)11(59-31)5-54-65(48,49)50/h7,9-32,34-35,37-47H,3-6H2,1-2H3,(H,33,36)(H,48,49,50)(H,51,52,53)/t7-,9+,10+,11+,12+,13+,14+,15-,16-,17+,18-,19+,20+,21-,22+,23+,24+,25+,26+,27-,28+,29-,30-,31-,32-/m0/s1. The molecule has 5 fully saturated rings. The normalized spacial score (nSPS) is 47.3. The lowest BCUT2D eigenvalue weighted by Crippen LogP contribution is -2.71. The number of aliphatic hydroxyl groups is 13. The molecule has 5 heterocycles. The van der Waals surface area contributed by atoms with Gasteiger partial charge < -0.3 is 114 Å². The summed E-state index contributed by atoms with van der Waals surface area (Å²) in [6.07, 6.45) is -49.1. The Morgan fingerprint density at radius 2 is 0.955 bits per heavy atom. The van der Waals surface area contributed by atoms with Crippen molar-refractivity contribution in [1.82, 2.24) is 5.32 Å². The minimum atomic E-state index is -5.44. The molecular formula is C32H55NO31S2. The molecule has 0 unspecified atom stereocenters. The van der Waals surface area contributed by atoms with E-state index in [0.29, 0.717) is 0 Å². The van der Waals surface area contributed by atoms with E-state index in [0.717, 1.165) is 6.92 Å². The summed E-state index contributed by atoms with van der Waals surface area (Å²) in [6.45, 7) is -2.53. The average Bonchev–Trinajstić information content (AvgIpc) is 3.24. The van der Waals surface area contributed by atoms with Gasteiger partial charge in [-0.25, -0.2) is 8.37 Å². The summed E-state index contributed by atoms with van der Waals surface area (Å²) >= 11 is 0.